The van der Waals surface area contributed by atoms with Gasteiger partial charge in [-0.2, -0.15) is 0 Å². The summed E-state index contributed by atoms with van der Waals surface area (Å²) in [6.07, 6.45) is 0. The summed E-state index contributed by atoms with van der Waals surface area (Å²) < 4.78 is 0. The molecule has 0 aliphatic carbocycles. The van der Waals surface area contributed by atoms with Crippen LogP contribution in [0.4, 0.5) is 5.69 Å². The number of hydrogen-bond acceptors (Lipinski definition) is 2. The molecule has 1 atom stereocenters. The van der Waals surface area contributed by atoms with E-state index in [0.717, 1.165) is 13.1 Å². The van der Waals surface area contributed by atoms with Crippen LogP contribution in [-0.4, -0.2) is 24.7 Å². The summed E-state index contributed by atoms with van der Waals surface area (Å²) in [4.78, 5) is 2.53. The van der Waals surface area contributed by atoms with Crippen LogP contribution in [0, 0.1) is 6.92 Å². The molecule has 1 aromatic carbocycles. The minimum absolute atomic E-state index is 0.187. The van der Waals surface area contributed by atoms with Crippen molar-refractivity contribution in [2.45, 2.75) is 39.3 Å². The number of nitrogens with zero attached hydrogens (tertiary/aromatic N) is 1. The van der Waals surface area contributed by atoms with Gasteiger partial charge in [-0.25, -0.2) is 0 Å². The Morgan fingerprint density at radius 3 is 2.44 bits per heavy atom. The van der Waals surface area contributed by atoms with Crippen LogP contribution in [0.5, 0.6) is 0 Å². The van der Waals surface area contributed by atoms with Crippen LogP contribution < -0.4 is 10.2 Å². The van der Waals surface area contributed by atoms with E-state index in [1.807, 2.05) is 0 Å². The molecule has 1 N–H and O–H groups in total. The van der Waals surface area contributed by atoms with E-state index in [0.29, 0.717) is 6.04 Å². The molecule has 0 aromatic heterocycles. The summed E-state index contributed by atoms with van der Waals surface area (Å²) in [5.41, 5.74) is 2.85. The van der Waals surface area contributed by atoms with Crippen molar-refractivity contribution in [3.63, 3.8) is 0 Å². The lowest BCUT2D eigenvalue weighted by molar-refractivity contribution is 0.334. The number of rotatable bonds is 1. The van der Waals surface area contributed by atoms with Crippen LogP contribution in [0.25, 0.3) is 0 Å². The number of anilines is 1. The molecule has 0 bridgehead atoms. The summed E-state index contributed by atoms with van der Waals surface area (Å²) in [6, 6.07) is 9.41. The molecule has 1 unspecified atom stereocenters. The van der Waals surface area contributed by atoms with Gasteiger partial charge in [0.2, 0.25) is 0 Å². The van der Waals surface area contributed by atoms with Gasteiger partial charge in [-0.3, -0.25) is 0 Å². The molecule has 2 rings (SSSR count). The highest BCUT2D eigenvalue weighted by molar-refractivity contribution is 5.51. The van der Waals surface area contributed by atoms with Crippen LogP contribution in [-0.2, 0) is 0 Å². The van der Waals surface area contributed by atoms with Crippen molar-refractivity contribution in [2.75, 3.05) is 18.0 Å². The van der Waals surface area contributed by atoms with Crippen molar-refractivity contribution < 1.29 is 0 Å². The Morgan fingerprint density at radius 1 is 1.25 bits per heavy atom. The van der Waals surface area contributed by atoms with Crippen LogP contribution in [0.2, 0.25) is 0 Å². The maximum atomic E-state index is 3.49. The van der Waals surface area contributed by atoms with Crippen molar-refractivity contribution in [1.29, 1.82) is 0 Å². The molecule has 0 spiro atoms. The molecular weight excluding hydrogens is 196 g/mol. The minimum atomic E-state index is 0.187. The zero-order valence-electron chi connectivity index (χ0n) is 10.7. The molecule has 0 radical (unpaired) electrons. The number of hydrogen-bond donors (Lipinski definition) is 1. The first-order chi connectivity index (χ1) is 7.50. The first-order valence-corrected chi connectivity index (χ1v) is 6.07. The third-order valence-electron chi connectivity index (χ3n) is 3.40. The van der Waals surface area contributed by atoms with Crippen LogP contribution in [0.1, 0.15) is 26.3 Å². The Balaban J connectivity index is 2.32. The van der Waals surface area contributed by atoms with E-state index in [-0.39, 0.29) is 5.54 Å². The van der Waals surface area contributed by atoms with Crippen molar-refractivity contribution in [2.24, 2.45) is 0 Å². The summed E-state index contributed by atoms with van der Waals surface area (Å²) in [7, 11) is 0. The van der Waals surface area contributed by atoms with Gasteiger partial charge in [0.15, 0.2) is 0 Å². The number of piperazine rings is 1. The molecule has 1 aromatic rings. The highest BCUT2D eigenvalue weighted by atomic mass is 15.3. The fourth-order valence-corrected chi connectivity index (χ4v) is 2.67. The van der Waals surface area contributed by atoms with Crippen LogP contribution in [0.3, 0.4) is 0 Å². The molecule has 2 nitrogen and oxygen atoms in total. The molecule has 0 amide bonds. The van der Waals surface area contributed by atoms with Gasteiger partial charge >= 0.3 is 0 Å². The van der Waals surface area contributed by atoms with E-state index in [9.17, 15) is 0 Å². The molecule has 16 heavy (non-hydrogen) atoms. The second kappa shape index (κ2) is 4.10. The highest BCUT2D eigenvalue weighted by Crippen LogP contribution is 2.28. The monoisotopic (exact) mass is 218 g/mol. The molecule has 2 heteroatoms. The number of nitrogens with one attached hydrogen (secondary N) is 1. The average molecular weight is 218 g/mol. The maximum Gasteiger partial charge on any atom is 0.0473 e. The van der Waals surface area contributed by atoms with Crippen molar-refractivity contribution in [3.8, 4) is 0 Å². The summed E-state index contributed by atoms with van der Waals surface area (Å²) in [6.45, 7) is 11.1. The standard InChI is InChI=1S/C14H22N2/c1-11-5-7-13(8-6-11)16-12(2)9-15-10-14(16,3)4/h5-8,12,15H,9-10H2,1-4H3. The Morgan fingerprint density at radius 2 is 1.88 bits per heavy atom. The highest BCUT2D eigenvalue weighted by Gasteiger charge is 2.33. The first kappa shape index (κ1) is 11.5. The third kappa shape index (κ3) is 2.07. The van der Waals surface area contributed by atoms with Gasteiger partial charge in [0.25, 0.3) is 0 Å². The molecule has 1 heterocycles. The third-order valence-corrected chi connectivity index (χ3v) is 3.40. The number of benzene rings is 1. The van der Waals surface area contributed by atoms with Gasteiger partial charge in [0, 0.05) is 30.4 Å². The van der Waals surface area contributed by atoms with E-state index >= 15 is 0 Å². The van der Waals surface area contributed by atoms with Gasteiger partial charge in [-0.1, -0.05) is 17.7 Å². The van der Waals surface area contributed by atoms with Crippen molar-refractivity contribution in [3.05, 3.63) is 29.8 Å². The molecule has 88 valence electrons. The largest absolute Gasteiger partial charge is 0.361 e. The summed E-state index contributed by atoms with van der Waals surface area (Å²) >= 11 is 0. The zero-order chi connectivity index (χ0) is 11.8. The fraction of sp³-hybridized carbons (Fsp3) is 0.571. The minimum Gasteiger partial charge on any atom is -0.361 e. The van der Waals surface area contributed by atoms with Crippen LogP contribution in [0.15, 0.2) is 24.3 Å². The predicted molar refractivity (Wildman–Crippen MR) is 70.1 cm³/mol. The molecule has 0 saturated carbocycles. The maximum absolute atomic E-state index is 3.49. The van der Waals surface area contributed by atoms with E-state index in [4.69, 9.17) is 0 Å². The quantitative estimate of drug-likeness (QED) is 0.779. The molecule has 1 fully saturated rings. The van der Waals surface area contributed by atoms with Gasteiger partial charge < -0.3 is 10.2 Å². The second-order valence-electron chi connectivity index (χ2n) is 5.50. The smallest absolute Gasteiger partial charge is 0.0473 e. The zero-order valence-corrected chi connectivity index (χ0v) is 10.7. The fourth-order valence-electron chi connectivity index (χ4n) is 2.67. The summed E-state index contributed by atoms with van der Waals surface area (Å²) in [5, 5.41) is 3.49. The van der Waals surface area contributed by atoms with Gasteiger partial charge in [0.05, 0.1) is 0 Å². The lowest BCUT2D eigenvalue weighted by Crippen LogP contribution is -2.62. The SMILES string of the molecule is Cc1ccc(N2C(C)CNCC2(C)C)cc1. The topological polar surface area (TPSA) is 15.3 Å². The Hall–Kier alpha value is -1.02. The van der Waals surface area contributed by atoms with Crippen molar-refractivity contribution >= 4 is 5.69 Å². The number of aryl methyl sites for hydroxylation is 1. The lowest BCUT2D eigenvalue weighted by atomic mass is 9.95. The average Bonchev–Trinajstić information content (AvgIpc) is 2.19. The Bertz CT molecular complexity index is 354. The normalized spacial score (nSPS) is 24.5. The second-order valence-corrected chi connectivity index (χ2v) is 5.50. The molecular formula is C14H22N2. The van der Waals surface area contributed by atoms with E-state index < -0.39 is 0 Å². The van der Waals surface area contributed by atoms with Gasteiger partial charge in [-0.15, -0.1) is 0 Å². The van der Waals surface area contributed by atoms with E-state index in [1.165, 1.54) is 11.3 Å². The van der Waals surface area contributed by atoms with E-state index in [1.54, 1.807) is 0 Å². The van der Waals surface area contributed by atoms with Crippen LogP contribution >= 0.6 is 0 Å². The van der Waals surface area contributed by atoms with Gasteiger partial charge in [0.1, 0.15) is 0 Å². The molecule has 1 aliphatic rings. The molecule has 1 saturated heterocycles. The summed E-state index contributed by atoms with van der Waals surface area (Å²) in [5.74, 6) is 0. The predicted octanol–water partition coefficient (Wildman–Crippen LogP) is 2.57. The Kier molecular flexibility index (Phi) is 2.94. The Labute approximate surface area is 98.7 Å². The van der Waals surface area contributed by atoms with Gasteiger partial charge in [-0.05, 0) is 39.8 Å². The lowest BCUT2D eigenvalue weighted by Gasteiger charge is -2.48. The van der Waals surface area contributed by atoms with E-state index in [2.05, 4.69) is 62.2 Å². The van der Waals surface area contributed by atoms with Crippen molar-refractivity contribution in [1.82, 2.24) is 5.32 Å². The first-order valence-electron chi connectivity index (χ1n) is 6.07. The molecule has 1 aliphatic heterocycles.